The number of hydrogen-bond donors (Lipinski definition) is 1. The molecule has 0 bridgehead atoms. The molecule has 0 radical (unpaired) electrons. The Bertz CT molecular complexity index is 289. The normalized spacial score (nSPS) is 9.80. The Balaban J connectivity index is 1.96. The molecule has 0 aliphatic carbocycles. The SMILES string of the molecule is N#CCCCCNCCc1ccncc1. The zero-order valence-corrected chi connectivity index (χ0v) is 8.95. The zero-order chi connectivity index (χ0) is 10.8. The summed E-state index contributed by atoms with van der Waals surface area (Å²) in [7, 11) is 0. The third kappa shape index (κ3) is 5.82. The van der Waals surface area contributed by atoms with Crippen LogP contribution in [-0.4, -0.2) is 18.1 Å². The summed E-state index contributed by atoms with van der Waals surface area (Å²) < 4.78 is 0. The molecule has 3 heteroatoms. The highest BCUT2D eigenvalue weighted by Crippen LogP contribution is 1.96. The van der Waals surface area contributed by atoms with Crippen LogP contribution in [0, 0.1) is 11.3 Å². The number of nitrogens with one attached hydrogen (secondary N) is 1. The van der Waals surface area contributed by atoms with Crippen molar-refractivity contribution in [1.29, 1.82) is 5.26 Å². The van der Waals surface area contributed by atoms with Crippen molar-refractivity contribution in [3.8, 4) is 6.07 Å². The average Bonchev–Trinajstić information content (AvgIpc) is 2.29. The molecule has 1 N–H and O–H groups in total. The Kier molecular flexibility index (Phi) is 6.19. The predicted octanol–water partition coefficient (Wildman–Crippen LogP) is 1.91. The van der Waals surface area contributed by atoms with Gasteiger partial charge in [0.25, 0.3) is 0 Å². The van der Waals surface area contributed by atoms with E-state index in [1.807, 2.05) is 24.5 Å². The molecule has 1 aromatic rings. The van der Waals surface area contributed by atoms with E-state index in [4.69, 9.17) is 5.26 Å². The molecule has 0 saturated heterocycles. The first-order chi connectivity index (χ1) is 7.43. The molecular weight excluding hydrogens is 186 g/mol. The van der Waals surface area contributed by atoms with Crippen molar-refractivity contribution in [3.63, 3.8) is 0 Å². The summed E-state index contributed by atoms with van der Waals surface area (Å²) in [5.74, 6) is 0. The highest BCUT2D eigenvalue weighted by molar-refractivity contribution is 5.09. The molecule has 0 aliphatic heterocycles. The maximum Gasteiger partial charge on any atom is 0.0621 e. The van der Waals surface area contributed by atoms with Crippen molar-refractivity contribution in [2.45, 2.75) is 25.7 Å². The Labute approximate surface area is 91.1 Å². The third-order valence-electron chi connectivity index (χ3n) is 2.23. The van der Waals surface area contributed by atoms with Crippen molar-refractivity contribution in [2.24, 2.45) is 0 Å². The maximum absolute atomic E-state index is 8.34. The van der Waals surface area contributed by atoms with Gasteiger partial charge in [-0.15, -0.1) is 0 Å². The van der Waals surface area contributed by atoms with Crippen LogP contribution in [0.5, 0.6) is 0 Å². The molecule has 0 amide bonds. The second-order valence-corrected chi connectivity index (χ2v) is 3.47. The number of unbranched alkanes of at least 4 members (excludes halogenated alkanes) is 2. The second-order valence-electron chi connectivity index (χ2n) is 3.47. The summed E-state index contributed by atoms with van der Waals surface area (Å²) >= 11 is 0. The topological polar surface area (TPSA) is 48.7 Å². The number of pyridine rings is 1. The minimum absolute atomic E-state index is 0.673. The fraction of sp³-hybridized carbons (Fsp3) is 0.500. The average molecular weight is 203 g/mol. The Morgan fingerprint density at radius 2 is 2.00 bits per heavy atom. The van der Waals surface area contributed by atoms with Crippen LogP contribution in [0.2, 0.25) is 0 Å². The number of hydrogen-bond acceptors (Lipinski definition) is 3. The van der Waals surface area contributed by atoms with Crippen LogP contribution >= 0.6 is 0 Å². The van der Waals surface area contributed by atoms with E-state index in [2.05, 4.69) is 16.4 Å². The first-order valence-electron chi connectivity index (χ1n) is 5.40. The third-order valence-corrected chi connectivity index (χ3v) is 2.23. The summed E-state index contributed by atoms with van der Waals surface area (Å²) in [6.07, 6.45) is 7.44. The van der Waals surface area contributed by atoms with Crippen molar-refractivity contribution >= 4 is 0 Å². The first kappa shape index (κ1) is 11.7. The van der Waals surface area contributed by atoms with Crippen molar-refractivity contribution in [1.82, 2.24) is 10.3 Å². The minimum Gasteiger partial charge on any atom is -0.316 e. The molecule has 1 rings (SSSR count). The monoisotopic (exact) mass is 203 g/mol. The van der Waals surface area contributed by atoms with Crippen LogP contribution < -0.4 is 5.32 Å². The fourth-order valence-corrected chi connectivity index (χ4v) is 1.36. The number of aromatic nitrogens is 1. The van der Waals surface area contributed by atoms with Crippen LogP contribution in [0.3, 0.4) is 0 Å². The molecule has 0 aliphatic rings. The van der Waals surface area contributed by atoms with E-state index in [0.717, 1.165) is 32.4 Å². The van der Waals surface area contributed by atoms with Gasteiger partial charge in [0.15, 0.2) is 0 Å². The molecule has 0 fully saturated rings. The number of rotatable bonds is 7. The van der Waals surface area contributed by atoms with Crippen molar-refractivity contribution in [2.75, 3.05) is 13.1 Å². The van der Waals surface area contributed by atoms with Gasteiger partial charge in [-0.25, -0.2) is 0 Å². The molecule has 15 heavy (non-hydrogen) atoms. The van der Waals surface area contributed by atoms with E-state index in [9.17, 15) is 0 Å². The Morgan fingerprint density at radius 3 is 2.73 bits per heavy atom. The van der Waals surface area contributed by atoms with Gasteiger partial charge in [-0.3, -0.25) is 4.98 Å². The predicted molar refractivity (Wildman–Crippen MR) is 60.3 cm³/mol. The second kappa shape index (κ2) is 7.95. The summed E-state index contributed by atoms with van der Waals surface area (Å²) in [5, 5.41) is 11.7. The lowest BCUT2D eigenvalue weighted by molar-refractivity contribution is 0.628. The molecule has 80 valence electrons. The fourth-order valence-electron chi connectivity index (χ4n) is 1.36. The Morgan fingerprint density at radius 1 is 1.20 bits per heavy atom. The van der Waals surface area contributed by atoms with Crippen LogP contribution in [0.15, 0.2) is 24.5 Å². The molecule has 0 saturated carbocycles. The summed E-state index contributed by atoms with van der Waals surface area (Å²) in [4.78, 5) is 3.97. The standard InChI is InChI=1S/C12H17N3/c13-7-2-1-3-8-14-9-4-12-5-10-15-11-6-12/h5-6,10-11,14H,1-4,8-9H2. The highest BCUT2D eigenvalue weighted by atomic mass is 14.8. The van der Waals surface area contributed by atoms with Gasteiger partial charge in [-0.1, -0.05) is 0 Å². The largest absolute Gasteiger partial charge is 0.316 e. The summed E-state index contributed by atoms with van der Waals surface area (Å²) in [6.45, 7) is 2.00. The van der Waals surface area contributed by atoms with Gasteiger partial charge in [-0.2, -0.15) is 5.26 Å². The van der Waals surface area contributed by atoms with Crippen molar-refractivity contribution < 1.29 is 0 Å². The van der Waals surface area contributed by atoms with E-state index in [1.54, 1.807) is 0 Å². The molecule has 1 aromatic heterocycles. The summed E-state index contributed by atoms with van der Waals surface area (Å²) in [6, 6.07) is 6.23. The highest BCUT2D eigenvalue weighted by Gasteiger charge is 1.91. The molecule has 3 nitrogen and oxygen atoms in total. The maximum atomic E-state index is 8.34. The smallest absolute Gasteiger partial charge is 0.0621 e. The zero-order valence-electron chi connectivity index (χ0n) is 8.95. The first-order valence-corrected chi connectivity index (χ1v) is 5.40. The van der Waals surface area contributed by atoms with Crippen LogP contribution in [0.4, 0.5) is 0 Å². The van der Waals surface area contributed by atoms with Crippen LogP contribution in [-0.2, 0) is 6.42 Å². The lowest BCUT2D eigenvalue weighted by Crippen LogP contribution is -2.18. The lowest BCUT2D eigenvalue weighted by Gasteiger charge is -2.03. The van der Waals surface area contributed by atoms with E-state index in [-0.39, 0.29) is 0 Å². The molecule has 0 aromatic carbocycles. The van der Waals surface area contributed by atoms with Gasteiger partial charge in [0.05, 0.1) is 6.07 Å². The minimum atomic E-state index is 0.673. The molecule has 0 unspecified atom stereocenters. The molecular formula is C12H17N3. The number of nitrogens with zero attached hydrogens (tertiary/aromatic N) is 2. The van der Waals surface area contributed by atoms with E-state index >= 15 is 0 Å². The molecule has 0 atom stereocenters. The van der Waals surface area contributed by atoms with Crippen LogP contribution in [0.1, 0.15) is 24.8 Å². The van der Waals surface area contributed by atoms with Crippen LogP contribution in [0.25, 0.3) is 0 Å². The van der Waals surface area contributed by atoms with Gasteiger partial charge in [0.1, 0.15) is 0 Å². The van der Waals surface area contributed by atoms with E-state index in [1.165, 1.54) is 5.56 Å². The molecule has 0 spiro atoms. The van der Waals surface area contributed by atoms with Crippen molar-refractivity contribution in [3.05, 3.63) is 30.1 Å². The number of nitriles is 1. The van der Waals surface area contributed by atoms with Gasteiger partial charge in [-0.05, 0) is 50.0 Å². The Hall–Kier alpha value is -1.40. The molecule has 1 heterocycles. The van der Waals surface area contributed by atoms with E-state index < -0.39 is 0 Å². The van der Waals surface area contributed by atoms with Gasteiger partial charge in [0, 0.05) is 18.8 Å². The van der Waals surface area contributed by atoms with Gasteiger partial charge < -0.3 is 5.32 Å². The summed E-state index contributed by atoms with van der Waals surface area (Å²) in [5.41, 5.74) is 1.31. The van der Waals surface area contributed by atoms with Gasteiger partial charge in [0.2, 0.25) is 0 Å². The quantitative estimate of drug-likeness (QED) is 0.689. The van der Waals surface area contributed by atoms with Gasteiger partial charge >= 0.3 is 0 Å². The lowest BCUT2D eigenvalue weighted by atomic mass is 10.2. The van der Waals surface area contributed by atoms with E-state index in [0.29, 0.717) is 6.42 Å².